The van der Waals surface area contributed by atoms with Crippen molar-refractivity contribution < 1.29 is 14.7 Å². The lowest BCUT2D eigenvalue weighted by atomic mass is 10.0. The Bertz CT molecular complexity index is 983. The van der Waals surface area contributed by atoms with E-state index in [4.69, 9.17) is 0 Å². The molecule has 0 aliphatic carbocycles. The second-order valence-electron chi connectivity index (χ2n) is 6.87. The lowest BCUT2D eigenvalue weighted by molar-refractivity contribution is 0.0916. The van der Waals surface area contributed by atoms with Crippen molar-refractivity contribution in [1.29, 1.82) is 0 Å². The van der Waals surface area contributed by atoms with E-state index >= 15 is 0 Å². The predicted octanol–water partition coefficient (Wildman–Crippen LogP) is 1.97. The van der Waals surface area contributed by atoms with Gasteiger partial charge in [-0.25, -0.2) is 4.79 Å². The van der Waals surface area contributed by atoms with Crippen molar-refractivity contribution in [2.24, 2.45) is 0 Å². The van der Waals surface area contributed by atoms with Crippen LogP contribution in [0.2, 0.25) is 0 Å². The molecule has 2 aromatic carbocycles. The van der Waals surface area contributed by atoms with Crippen LogP contribution in [0.4, 0.5) is 4.79 Å². The number of hydrogen-bond acceptors (Lipinski definition) is 3. The summed E-state index contributed by atoms with van der Waals surface area (Å²) in [5, 5.41) is 19.0. The van der Waals surface area contributed by atoms with Crippen LogP contribution in [-0.2, 0) is 12.8 Å². The van der Waals surface area contributed by atoms with Gasteiger partial charge in [-0.1, -0.05) is 30.3 Å². The Morgan fingerprint density at radius 1 is 1.14 bits per heavy atom. The van der Waals surface area contributed by atoms with Crippen LogP contribution in [0.25, 0.3) is 10.9 Å². The van der Waals surface area contributed by atoms with E-state index in [9.17, 15) is 14.7 Å². The maximum Gasteiger partial charge on any atom is 0.314 e. The quantitative estimate of drug-likeness (QED) is 0.403. The van der Waals surface area contributed by atoms with Gasteiger partial charge in [0.05, 0.1) is 12.6 Å². The molecule has 0 fully saturated rings. The third-order valence-electron chi connectivity index (χ3n) is 4.81. The van der Waals surface area contributed by atoms with Crippen LogP contribution >= 0.6 is 0 Å². The molecule has 1 aromatic heterocycles. The van der Waals surface area contributed by atoms with Crippen molar-refractivity contribution in [3.05, 3.63) is 71.4 Å². The molecule has 1 atom stereocenters. The highest BCUT2D eigenvalue weighted by atomic mass is 16.3. The third-order valence-corrected chi connectivity index (χ3v) is 4.81. The zero-order valence-corrected chi connectivity index (χ0v) is 16.4. The van der Waals surface area contributed by atoms with Crippen LogP contribution in [0.5, 0.6) is 0 Å². The van der Waals surface area contributed by atoms with Gasteiger partial charge in [-0.05, 0) is 42.2 Å². The first-order valence-electron chi connectivity index (χ1n) is 9.62. The summed E-state index contributed by atoms with van der Waals surface area (Å²) in [5.74, 6) is -0.231. The first kappa shape index (κ1) is 20.4. The summed E-state index contributed by atoms with van der Waals surface area (Å²) in [6, 6.07) is 14.6. The average Bonchev–Trinajstić information content (AvgIpc) is 3.16. The lowest BCUT2D eigenvalue weighted by Gasteiger charge is -2.16. The maximum absolute atomic E-state index is 12.7. The highest BCUT2D eigenvalue weighted by molar-refractivity contribution is 5.94. The highest BCUT2D eigenvalue weighted by Gasteiger charge is 2.16. The number of urea groups is 1. The lowest BCUT2D eigenvalue weighted by Crippen LogP contribution is -2.39. The predicted molar refractivity (Wildman–Crippen MR) is 113 cm³/mol. The monoisotopic (exact) mass is 394 g/mol. The topological polar surface area (TPSA) is 106 Å². The Labute approximate surface area is 169 Å². The van der Waals surface area contributed by atoms with E-state index in [1.54, 1.807) is 19.2 Å². The van der Waals surface area contributed by atoms with Gasteiger partial charge in [0.25, 0.3) is 5.91 Å². The Balaban J connectivity index is 1.62. The largest absolute Gasteiger partial charge is 0.394 e. The van der Waals surface area contributed by atoms with E-state index in [1.165, 1.54) is 0 Å². The number of aliphatic hydroxyl groups is 1. The van der Waals surface area contributed by atoms with Gasteiger partial charge in [0, 0.05) is 36.3 Å². The smallest absolute Gasteiger partial charge is 0.314 e. The van der Waals surface area contributed by atoms with Crippen LogP contribution in [0.1, 0.15) is 21.5 Å². The minimum Gasteiger partial charge on any atom is -0.394 e. The second-order valence-corrected chi connectivity index (χ2v) is 6.87. The summed E-state index contributed by atoms with van der Waals surface area (Å²) in [4.78, 5) is 27.1. The highest BCUT2D eigenvalue weighted by Crippen LogP contribution is 2.19. The zero-order valence-electron chi connectivity index (χ0n) is 16.4. The number of H-pyrrole nitrogens is 1. The van der Waals surface area contributed by atoms with Gasteiger partial charge in [-0.3, -0.25) is 4.79 Å². The fraction of sp³-hybridized carbons (Fsp3) is 0.273. The molecular formula is C22H26N4O3. The third kappa shape index (κ3) is 5.36. The van der Waals surface area contributed by atoms with Gasteiger partial charge >= 0.3 is 6.03 Å². The number of nitrogens with one attached hydrogen (secondary N) is 4. The van der Waals surface area contributed by atoms with Crippen molar-refractivity contribution in [2.45, 2.75) is 18.9 Å². The number of benzene rings is 2. The summed E-state index contributed by atoms with van der Waals surface area (Å²) in [6.45, 7) is 0.325. The first-order chi connectivity index (χ1) is 14.1. The van der Waals surface area contributed by atoms with E-state index in [0.717, 1.165) is 22.0 Å². The molecule has 7 nitrogen and oxygen atoms in total. The number of aliphatic hydroxyl groups excluding tert-OH is 1. The number of para-hydroxylation sites is 1. The van der Waals surface area contributed by atoms with Gasteiger partial charge in [0.15, 0.2) is 0 Å². The minimum absolute atomic E-state index is 0.152. The summed E-state index contributed by atoms with van der Waals surface area (Å²) in [6.07, 6.45) is 3.06. The number of carbonyl (C=O) groups is 2. The van der Waals surface area contributed by atoms with Crippen LogP contribution in [0, 0.1) is 0 Å². The van der Waals surface area contributed by atoms with Crippen molar-refractivity contribution >= 4 is 22.8 Å². The molecule has 3 rings (SSSR count). The SMILES string of the molecule is CNC(=O)NCCc1cccc(C(=O)N[C@@H](CO)Cc2c[nH]c3ccccc23)c1. The van der Waals surface area contributed by atoms with Crippen molar-refractivity contribution in [3.63, 3.8) is 0 Å². The van der Waals surface area contributed by atoms with E-state index in [2.05, 4.69) is 20.9 Å². The van der Waals surface area contributed by atoms with Gasteiger partial charge in [-0.2, -0.15) is 0 Å². The molecular weight excluding hydrogens is 368 g/mol. The number of fused-ring (bicyclic) bond motifs is 1. The molecule has 0 radical (unpaired) electrons. The molecule has 29 heavy (non-hydrogen) atoms. The first-order valence-corrected chi connectivity index (χ1v) is 9.62. The average molecular weight is 394 g/mol. The standard InChI is InChI=1S/C22H26N4O3/c1-23-22(29)24-10-9-15-5-4-6-16(11-15)21(28)26-18(14-27)12-17-13-25-20-8-3-2-7-19(17)20/h2-8,11,13,18,25,27H,9-10,12,14H2,1H3,(H,26,28)(H2,23,24,29)/t18-/m1/s1. The molecule has 0 bridgehead atoms. The second kappa shape index (κ2) is 9.75. The van der Waals surface area contributed by atoms with Crippen LogP contribution < -0.4 is 16.0 Å². The van der Waals surface area contributed by atoms with E-state index in [-0.39, 0.29) is 24.6 Å². The number of aromatic nitrogens is 1. The molecule has 0 saturated heterocycles. The molecule has 7 heteroatoms. The van der Waals surface area contributed by atoms with E-state index < -0.39 is 0 Å². The fourth-order valence-electron chi connectivity index (χ4n) is 3.27. The van der Waals surface area contributed by atoms with Crippen LogP contribution in [0.15, 0.2) is 54.7 Å². The van der Waals surface area contributed by atoms with E-state index in [0.29, 0.717) is 24.9 Å². The van der Waals surface area contributed by atoms with Gasteiger partial charge in [0.1, 0.15) is 0 Å². The Morgan fingerprint density at radius 3 is 2.76 bits per heavy atom. The molecule has 3 aromatic rings. The fourth-order valence-corrected chi connectivity index (χ4v) is 3.27. The van der Waals surface area contributed by atoms with Crippen LogP contribution in [-0.4, -0.2) is 48.3 Å². The number of rotatable bonds is 8. The maximum atomic E-state index is 12.7. The Kier molecular flexibility index (Phi) is 6.86. The number of carbonyl (C=O) groups excluding carboxylic acids is 2. The van der Waals surface area contributed by atoms with Gasteiger partial charge < -0.3 is 26.0 Å². The molecule has 0 aliphatic heterocycles. The summed E-state index contributed by atoms with van der Waals surface area (Å²) in [7, 11) is 1.56. The summed E-state index contributed by atoms with van der Waals surface area (Å²) < 4.78 is 0. The zero-order chi connectivity index (χ0) is 20.6. The number of hydrogen-bond donors (Lipinski definition) is 5. The molecule has 3 amide bonds. The molecule has 0 unspecified atom stereocenters. The van der Waals surface area contributed by atoms with Crippen molar-refractivity contribution in [1.82, 2.24) is 20.9 Å². The molecule has 152 valence electrons. The van der Waals surface area contributed by atoms with E-state index in [1.807, 2.05) is 42.6 Å². The summed E-state index contributed by atoms with van der Waals surface area (Å²) in [5.41, 5.74) is 3.56. The number of amides is 3. The summed E-state index contributed by atoms with van der Waals surface area (Å²) >= 11 is 0. The molecule has 0 aliphatic rings. The van der Waals surface area contributed by atoms with Crippen molar-refractivity contribution in [3.8, 4) is 0 Å². The van der Waals surface area contributed by atoms with Crippen molar-refractivity contribution in [2.75, 3.05) is 20.2 Å². The number of aromatic amines is 1. The van der Waals surface area contributed by atoms with Gasteiger partial charge in [0.2, 0.25) is 0 Å². The Hall–Kier alpha value is -3.32. The Morgan fingerprint density at radius 2 is 1.97 bits per heavy atom. The normalized spacial score (nSPS) is 11.8. The molecule has 0 saturated carbocycles. The molecule has 0 spiro atoms. The van der Waals surface area contributed by atoms with Crippen LogP contribution in [0.3, 0.4) is 0 Å². The molecule has 5 N–H and O–H groups in total. The molecule has 1 heterocycles. The van der Waals surface area contributed by atoms with Gasteiger partial charge in [-0.15, -0.1) is 0 Å². The minimum atomic E-state index is -0.389.